The lowest BCUT2D eigenvalue weighted by Gasteiger charge is -2.21. The number of hydrogen-bond donors (Lipinski definition) is 2. The highest BCUT2D eigenvalue weighted by atomic mass is 16.2. The van der Waals surface area contributed by atoms with E-state index in [1.54, 1.807) is 104 Å². The van der Waals surface area contributed by atoms with Crippen molar-refractivity contribution in [3.63, 3.8) is 0 Å². The average Bonchev–Trinajstić information content (AvgIpc) is 3.86. The normalized spacial score (nSPS) is 14.9. The van der Waals surface area contributed by atoms with Crippen LogP contribution in [0.5, 0.6) is 0 Å². The van der Waals surface area contributed by atoms with Crippen molar-refractivity contribution in [3.8, 4) is 11.4 Å². The third-order valence-corrected chi connectivity index (χ3v) is 8.61. The van der Waals surface area contributed by atoms with Gasteiger partial charge in [-0.1, -0.05) is 34.7 Å². The van der Waals surface area contributed by atoms with Crippen molar-refractivity contribution < 1.29 is 19.2 Å². The predicted octanol–water partition coefficient (Wildman–Crippen LogP) is 4.15. The number of nitrogens with zero attached hydrogens (tertiary/aromatic N) is 8. The van der Waals surface area contributed by atoms with Crippen LogP contribution >= 0.6 is 0 Å². The summed E-state index contributed by atoms with van der Waals surface area (Å²) < 4.78 is 3.12. The molecule has 0 aliphatic carbocycles. The van der Waals surface area contributed by atoms with E-state index < -0.39 is 0 Å². The van der Waals surface area contributed by atoms with Crippen LogP contribution in [0.2, 0.25) is 0 Å². The Kier molecular flexibility index (Phi) is 11.6. The molecule has 10 bridgehead atoms. The Bertz CT molecular complexity index is 1970. The van der Waals surface area contributed by atoms with Crippen molar-refractivity contribution >= 4 is 23.6 Å². The fraction of sp³-hybridized carbons (Fsp3) is 0.231. The number of rotatable bonds is 4. The molecule has 0 spiro atoms. The van der Waals surface area contributed by atoms with E-state index >= 15 is 0 Å². The van der Waals surface area contributed by atoms with Crippen molar-refractivity contribution in [2.45, 2.75) is 32.4 Å². The van der Waals surface area contributed by atoms with Gasteiger partial charge in [0.25, 0.3) is 23.6 Å². The molecule has 0 atom stereocenters. The third-order valence-electron chi connectivity index (χ3n) is 8.61. The monoisotopic (exact) mass is 712 g/mol. The van der Waals surface area contributed by atoms with Crippen LogP contribution in [0.25, 0.3) is 11.4 Å². The maximum absolute atomic E-state index is 13.6. The van der Waals surface area contributed by atoms with E-state index in [-0.39, 0.29) is 49.8 Å². The molecule has 2 aliphatic heterocycles. The van der Waals surface area contributed by atoms with Crippen molar-refractivity contribution in [3.05, 3.63) is 144 Å². The Morgan fingerprint density at radius 1 is 0.585 bits per heavy atom. The zero-order chi connectivity index (χ0) is 37.2. The first kappa shape index (κ1) is 36.1. The Labute approximate surface area is 306 Å². The minimum absolute atomic E-state index is 0.160. The van der Waals surface area contributed by atoms with Crippen LogP contribution in [0.15, 0.2) is 111 Å². The van der Waals surface area contributed by atoms with E-state index in [4.69, 9.17) is 0 Å². The minimum atomic E-state index is -0.270. The molecule has 14 nitrogen and oxygen atoms in total. The molecule has 53 heavy (non-hydrogen) atoms. The molecule has 4 heterocycles. The fourth-order valence-electron chi connectivity index (χ4n) is 5.87. The van der Waals surface area contributed by atoms with Gasteiger partial charge in [-0.05, 0) is 79.9 Å². The summed E-state index contributed by atoms with van der Waals surface area (Å²) >= 11 is 0. The van der Waals surface area contributed by atoms with Gasteiger partial charge in [-0.25, -0.2) is 9.36 Å². The standard InChI is InChI=1S/C39H40N10O4/c1-3-20-46-24-32-26-48(44-42-32)34-12-8-10-30(22-34)36(50)40-18-6-5-7-19-41-37(51)31-11-9-13-35(23-31)49-27-33(43-45-49)25-47(21-4-2)39(53)29-16-14-28(15-17-29)38(46)52/h3-4,8-17,22-23,26-27H,1-2,5-7,18-21,24-25H2,(H,40,50)(H,41,51). The van der Waals surface area contributed by atoms with Crippen LogP contribution in [-0.2, 0) is 13.1 Å². The first-order valence-corrected chi connectivity index (χ1v) is 17.3. The molecule has 4 amide bonds. The first-order chi connectivity index (χ1) is 25.8. The Morgan fingerprint density at radius 3 is 1.43 bits per heavy atom. The van der Waals surface area contributed by atoms with Crippen LogP contribution in [-0.4, -0.2) is 89.6 Å². The summed E-state index contributed by atoms with van der Waals surface area (Å²) in [4.78, 5) is 56.3. The lowest BCUT2D eigenvalue weighted by atomic mass is 10.1. The molecule has 2 N–H and O–H groups in total. The smallest absolute Gasteiger partial charge is 0.254 e. The third kappa shape index (κ3) is 8.97. The van der Waals surface area contributed by atoms with Crippen LogP contribution in [0.1, 0.15) is 72.1 Å². The predicted molar refractivity (Wildman–Crippen MR) is 198 cm³/mol. The number of hydrogen-bond acceptors (Lipinski definition) is 8. The zero-order valence-corrected chi connectivity index (χ0v) is 29.2. The number of aromatic nitrogens is 6. The van der Waals surface area contributed by atoms with Gasteiger partial charge < -0.3 is 20.4 Å². The number of benzene rings is 3. The maximum Gasteiger partial charge on any atom is 0.254 e. The first-order valence-electron chi connectivity index (χ1n) is 17.3. The fourth-order valence-corrected chi connectivity index (χ4v) is 5.87. The second kappa shape index (κ2) is 17.0. The van der Waals surface area contributed by atoms with Gasteiger partial charge in [0.1, 0.15) is 11.4 Å². The van der Waals surface area contributed by atoms with E-state index in [0.29, 0.717) is 58.1 Å². The summed E-state index contributed by atoms with van der Waals surface area (Å²) in [7, 11) is 0. The van der Waals surface area contributed by atoms with E-state index in [2.05, 4.69) is 44.4 Å². The molecule has 5 aromatic rings. The number of carbonyl (C=O) groups is 4. The number of nitrogens with one attached hydrogen (secondary N) is 2. The zero-order valence-electron chi connectivity index (χ0n) is 29.2. The summed E-state index contributed by atoms with van der Waals surface area (Å²) in [6, 6.07) is 20.6. The summed E-state index contributed by atoms with van der Waals surface area (Å²) in [5, 5.41) is 23.0. The molecule has 0 saturated heterocycles. The number of fused-ring (bicyclic) bond motifs is 14. The van der Waals surface area contributed by atoms with E-state index in [9.17, 15) is 19.2 Å². The van der Waals surface area contributed by atoms with Gasteiger partial charge in [-0.2, -0.15) is 0 Å². The SMILES string of the molecule is C=CCN1Cc2cn(nn2)-c2cccc(c2)C(=O)NCCCCCNC(=O)c2cccc(c2)-n2cc(nn2)CN(CC=C)C(=O)c2ccc(cc2)C1=O. The molecule has 0 unspecified atom stereocenters. The summed E-state index contributed by atoms with van der Waals surface area (Å²) in [5.41, 5.74) is 4.09. The second-order valence-corrected chi connectivity index (χ2v) is 12.5. The van der Waals surface area contributed by atoms with Gasteiger partial charge in [0.05, 0.1) is 36.9 Å². The molecule has 14 heteroatoms. The summed E-state index contributed by atoms with van der Waals surface area (Å²) in [6.45, 7) is 9.43. The highest BCUT2D eigenvalue weighted by Gasteiger charge is 2.21. The highest BCUT2D eigenvalue weighted by molar-refractivity contribution is 5.98. The lowest BCUT2D eigenvalue weighted by molar-refractivity contribution is 0.0749. The Morgan fingerprint density at radius 2 is 1.02 bits per heavy atom. The molecule has 0 radical (unpaired) electrons. The van der Waals surface area contributed by atoms with Crippen molar-refractivity contribution in [2.24, 2.45) is 0 Å². The maximum atomic E-state index is 13.6. The molecule has 7 rings (SSSR count). The molecule has 2 aliphatic rings. The van der Waals surface area contributed by atoms with Gasteiger partial charge in [-0.3, -0.25) is 19.2 Å². The van der Waals surface area contributed by atoms with E-state index in [0.717, 1.165) is 19.3 Å². The molecule has 2 aromatic heterocycles. The van der Waals surface area contributed by atoms with E-state index in [1.165, 1.54) is 0 Å². The quantitative estimate of drug-likeness (QED) is 0.263. The second-order valence-electron chi connectivity index (χ2n) is 12.5. The van der Waals surface area contributed by atoms with Crippen LogP contribution in [0.3, 0.4) is 0 Å². The van der Waals surface area contributed by atoms with Gasteiger partial charge in [0, 0.05) is 48.4 Å². The van der Waals surface area contributed by atoms with Crippen LogP contribution < -0.4 is 10.6 Å². The number of carbonyl (C=O) groups excluding carboxylic acids is 4. The molecule has 0 fully saturated rings. The largest absolute Gasteiger partial charge is 0.352 e. The summed E-state index contributed by atoms with van der Waals surface area (Å²) in [5.74, 6) is -0.958. The van der Waals surface area contributed by atoms with Gasteiger partial charge in [-0.15, -0.1) is 23.4 Å². The average molecular weight is 713 g/mol. The molecular weight excluding hydrogens is 672 g/mol. The van der Waals surface area contributed by atoms with Crippen molar-refractivity contribution in [1.29, 1.82) is 0 Å². The highest BCUT2D eigenvalue weighted by Crippen LogP contribution is 2.17. The molecule has 0 saturated carbocycles. The van der Waals surface area contributed by atoms with Gasteiger partial charge >= 0.3 is 0 Å². The molecule has 270 valence electrons. The van der Waals surface area contributed by atoms with Crippen molar-refractivity contribution in [1.82, 2.24) is 50.4 Å². The molecule has 3 aromatic carbocycles. The minimum Gasteiger partial charge on any atom is -0.352 e. The van der Waals surface area contributed by atoms with Crippen LogP contribution in [0.4, 0.5) is 0 Å². The lowest BCUT2D eigenvalue weighted by Crippen LogP contribution is -2.32. The van der Waals surface area contributed by atoms with Crippen molar-refractivity contribution in [2.75, 3.05) is 26.2 Å². The number of amides is 4. The topological polar surface area (TPSA) is 160 Å². The van der Waals surface area contributed by atoms with E-state index in [1.807, 2.05) is 12.1 Å². The van der Waals surface area contributed by atoms with Gasteiger partial charge in [0.2, 0.25) is 0 Å². The van der Waals surface area contributed by atoms with Gasteiger partial charge in [0.15, 0.2) is 0 Å². The Balaban J connectivity index is 1.25. The summed E-state index contributed by atoms with van der Waals surface area (Å²) in [6.07, 6.45) is 9.00. The Hall–Kier alpha value is -6.70. The molecular formula is C39H40N10O4. The van der Waals surface area contributed by atoms with Crippen LogP contribution in [0, 0.1) is 0 Å².